The van der Waals surface area contributed by atoms with Gasteiger partial charge in [-0.15, -0.1) is 11.3 Å². The van der Waals surface area contributed by atoms with Crippen LogP contribution in [0.3, 0.4) is 0 Å². The molecule has 1 aromatic carbocycles. The summed E-state index contributed by atoms with van der Waals surface area (Å²) in [5.74, 6) is -1.19. The SMILES string of the molecule is COc1ccsc1C(O)c1c(F)ccc(Br)c1F. The number of hydrogen-bond donors (Lipinski definition) is 1. The molecule has 0 amide bonds. The van der Waals surface area contributed by atoms with Gasteiger partial charge in [0.2, 0.25) is 0 Å². The maximum absolute atomic E-state index is 13.9. The Morgan fingerprint density at radius 2 is 2.06 bits per heavy atom. The van der Waals surface area contributed by atoms with Crippen LogP contribution in [0.25, 0.3) is 0 Å². The number of hydrogen-bond acceptors (Lipinski definition) is 3. The Hall–Kier alpha value is -0.980. The van der Waals surface area contributed by atoms with Crippen molar-refractivity contribution in [1.82, 2.24) is 0 Å². The van der Waals surface area contributed by atoms with E-state index >= 15 is 0 Å². The second-order valence-corrected chi connectivity index (χ2v) is 5.31. The molecule has 1 unspecified atom stereocenters. The highest BCUT2D eigenvalue weighted by atomic mass is 79.9. The van der Waals surface area contributed by atoms with Crippen LogP contribution in [0.4, 0.5) is 8.78 Å². The Labute approximate surface area is 115 Å². The van der Waals surface area contributed by atoms with E-state index in [-0.39, 0.29) is 10.0 Å². The summed E-state index contributed by atoms with van der Waals surface area (Å²) < 4.78 is 32.6. The maximum atomic E-state index is 13.9. The molecule has 0 radical (unpaired) electrons. The predicted octanol–water partition coefficient (Wildman–Crippen LogP) is 3.88. The van der Waals surface area contributed by atoms with Crippen molar-refractivity contribution in [1.29, 1.82) is 0 Å². The highest BCUT2D eigenvalue weighted by Crippen LogP contribution is 2.37. The Balaban J connectivity index is 2.52. The third-order valence-electron chi connectivity index (χ3n) is 2.48. The number of methoxy groups -OCH3 is 1. The van der Waals surface area contributed by atoms with E-state index < -0.39 is 17.7 Å². The first kappa shape index (κ1) is 13.5. The Morgan fingerprint density at radius 1 is 1.33 bits per heavy atom. The Kier molecular flexibility index (Phi) is 3.99. The minimum Gasteiger partial charge on any atom is -0.495 e. The molecule has 1 atom stereocenters. The number of benzene rings is 1. The molecule has 1 N–H and O–H groups in total. The zero-order chi connectivity index (χ0) is 13.3. The van der Waals surface area contributed by atoms with Crippen LogP contribution in [0, 0.1) is 11.6 Å². The lowest BCUT2D eigenvalue weighted by Gasteiger charge is -2.13. The third-order valence-corrected chi connectivity index (χ3v) is 4.04. The van der Waals surface area contributed by atoms with Crippen molar-refractivity contribution < 1.29 is 18.6 Å². The molecule has 0 aliphatic rings. The molecule has 2 nitrogen and oxygen atoms in total. The fourth-order valence-corrected chi connectivity index (χ4v) is 2.80. The molecule has 18 heavy (non-hydrogen) atoms. The van der Waals surface area contributed by atoms with Gasteiger partial charge in [-0.05, 0) is 39.5 Å². The molecular weight excluding hydrogens is 326 g/mol. The fraction of sp³-hybridized carbons (Fsp3) is 0.167. The molecule has 0 bridgehead atoms. The van der Waals surface area contributed by atoms with Crippen LogP contribution in [0.15, 0.2) is 28.1 Å². The van der Waals surface area contributed by atoms with E-state index in [0.717, 1.165) is 6.07 Å². The van der Waals surface area contributed by atoms with E-state index in [1.165, 1.54) is 24.5 Å². The van der Waals surface area contributed by atoms with Crippen LogP contribution < -0.4 is 4.74 Å². The molecule has 1 aromatic heterocycles. The first-order valence-corrected chi connectivity index (χ1v) is 6.66. The van der Waals surface area contributed by atoms with Crippen molar-refractivity contribution in [2.24, 2.45) is 0 Å². The average molecular weight is 335 g/mol. The van der Waals surface area contributed by atoms with Gasteiger partial charge < -0.3 is 9.84 Å². The quantitative estimate of drug-likeness (QED) is 0.863. The zero-order valence-corrected chi connectivity index (χ0v) is 11.7. The molecular formula is C12H9BrF2O2S. The van der Waals surface area contributed by atoms with Gasteiger partial charge in [-0.2, -0.15) is 0 Å². The van der Waals surface area contributed by atoms with Crippen LogP contribution in [-0.4, -0.2) is 12.2 Å². The second-order valence-electron chi connectivity index (χ2n) is 3.51. The smallest absolute Gasteiger partial charge is 0.146 e. The number of ether oxygens (including phenoxy) is 1. The largest absolute Gasteiger partial charge is 0.495 e. The second kappa shape index (κ2) is 5.34. The molecule has 0 saturated carbocycles. The summed E-state index contributed by atoms with van der Waals surface area (Å²) in [6.45, 7) is 0. The number of thiophene rings is 1. The topological polar surface area (TPSA) is 29.5 Å². The normalized spacial score (nSPS) is 12.5. The van der Waals surface area contributed by atoms with Gasteiger partial charge >= 0.3 is 0 Å². The maximum Gasteiger partial charge on any atom is 0.146 e. The van der Waals surface area contributed by atoms with Crippen molar-refractivity contribution in [2.45, 2.75) is 6.10 Å². The zero-order valence-electron chi connectivity index (χ0n) is 9.28. The van der Waals surface area contributed by atoms with Crippen molar-refractivity contribution >= 4 is 27.3 Å². The van der Waals surface area contributed by atoms with Gasteiger partial charge in [-0.3, -0.25) is 0 Å². The van der Waals surface area contributed by atoms with Crippen molar-refractivity contribution in [3.63, 3.8) is 0 Å². The summed E-state index contributed by atoms with van der Waals surface area (Å²) in [5, 5.41) is 11.8. The molecule has 0 aliphatic heterocycles. The summed E-state index contributed by atoms with van der Waals surface area (Å²) in [7, 11) is 1.44. The van der Waals surface area contributed by atoms with E-state index in [4.69, 9.17) is 4.74 Å². The summed E-state index contributed by atoms with van der Waals surface area (Å²) in [6, 6.07) is 4.00. The van der Waals surface area contributed by atoms with Gasteiger partial charge in [-0.25, -0.2) is 8.78 Å². The molecule has 0 aliphatic carbocycles. The monoisotopic (exact) mass is 334 g/mol. The van der Waals surface area contributed by atoms with Gasteiger partial charge in [0.25, 0.3) is 0 Å². The molecule has 2 rings (SSSR count). The van der Waals surface area contributed by atoms with Crippen LogP contribution in [-0.2, 0) is 0 Å². The van der Waals surface area contributed by atoms with Crippen molar-refractivity contribution in [3.8, 4) is 5.75 Å². The van der Waals surface area contributed by atoms with E-state index in [1.807, 2.05) is 0 Å². The van der Waals surface area contributed by atoms with Gasteiger partial charge in [0, 0.05) is 0 Å². The highest BCUT2D eigenvalue weighted by molar-refractivity contribution is 9.10. The predicted molar refractivity (Wildman–Crippen MR) is 69.0 cm³/mol. The van der Waals surface area contributed by atoms with Gasteiger partial charge in [0.05, 0.1) is 22.0 Å². The molecule has 6 heteroatoms. The lowest BCUT2D eigenvalue weighted by Crippen LogP contribution is -2.06. The molecule has 0 fully saturated rings. The minimum atomic E-state index is -1.39. The Morgan fingerprint density at radius 3 is 2.72 bits per heavy atom. The Bertz CT molecular complexity index is 571. The van der Waals surface area contributed by atoms with E-state index in [0.29, 0.717) is 10.6 Å². The van der Waals surface area contributed by atoms with Crippen molar-refractivity contribution in [3.05, 3.63) is 50.1 Å². The lowest BCUT2D eigenvalue weighted by molar-refractivity contribution is 0.208. The molecule has 96 valence electrons. The first-order valence-electron chi connectivity index (χ1n) is 4.99. The highest BCUT2D eigenvalue weighted by Gasteiger charge is 2.25. The van der Waals surface area contributed by atoms with Crippen LogP contribution in [0.2, 0.25) is 0 Å². The van der Waals surface area contributed by atoms with E-state index in [9.17, 15) is 13.9 Å². The van der Waals surface area contributed by atoms with Crippen LogP contribution in [0.5, 0.6) is 5.75 Å². The first-order chi connectivity index (χ1) is 8.56. The lowest BCUT2D eigenvalue weighted by atomic mass is 10.1. The average Bonchev–Trinajstić information content (AvgIpc) is 2.82. The summed E-state index contributed by atoms with van der Waals surface area (Å²) >= 11 is 4.14. The van der Waals surface area contributed by atoms with Gasteiger partial charge in [0.15, 0.2) is 0 Å². The number of rotatable bonds is 3. The summed E-state index contributed by atoms with van der Waals surface area (Å²) in [4.78, 5) is 0.369. The molecule has 1 heterocycles. The molecule has 2 aromatic rings. The fourth-order valence-electron chi connectivity index (χ4n) is 1.60. The van der Waals surface area contributed by atoms with E-state index in [1.54, 1.807) is 11.4 Å². The van der Waals surface area contributed by atoms with Crippen molar-refractivity contribution in [2.75, 3.05) is 7.11 Å². The van der Waals surface area contributed by atoms with Crippen LogP contribution in [0.1, 0.15) is 16.5 Å². The minimum absolute atomic E-state index is 0.105. The molecule has 0 saturated heterocycles. The third kappa shape index (κ3) is 2.28. The molecule has 0 spiro atoms. The number of aliphatic hydroxyl groups excluding tert-OH is 1. The number of aliphatic hydroxyl groups is 1. The van der Waals surface area contributed by atoms with E-state index in [2.05, 4.69) is 15.9 Å². The van der Waals surface area contributed by atoms with Gasteiger partial charge in [-0.1, -0.05) is 0 Å². The standard InChI is InChI=1S/C12H9BrF2O2S/c1-17-8-4-5-18-12(8)11(16)9-7(14)3-2-6(13)10(9)15/h2-5,11,16H,1H3. The van der Waals surface area contributed by atoms with Crippen LogP contribution >= 0.6 is 27.3 Å². The summed E-state index contributed by atoms with van der Waals surface area (Å²) in [5.41, 5.74) is -0.384. The summed E-state index contributed by atoms with van der Waals surface area (Å²) in [6.07, 6.45) is -1.39. The number of halogens is 3. The van der Waals surface area contributed by atoms with Gasteiger partial charge in [0.1, 0.15) is 23.5 Å².